The van der Waals surface area contributed by atoms with Crippen molar-refractivity contribution in [2.75, 3.05) is 24.1 Å². The predicted octanol–water partition coefficient (Wildman–Crippen LogP) is 2.50. The minimum atomic E-state index is -0.0454. The molecule has 22 heavy (non-hydrogen) atoms. The molecule has 0 aliphatic carbocycles. The van der Waals surface area contributed by atoms with Crippen molar-refractivity contribution in [1.82, 2.24) is 9.88 Å². The smallest absolute Gasteiger partial charge is 0.229 e. The van der Waals surface area contributed by atoms with Crippen LogP contribution in [0.15, 0.2) is 30.5 Å². The van der Waals surface area contributed by atoms with Gasteiger partial charge in [-0.05, 0) is 43.6 Å². The van der Waals surface area contributed by atoms with Gasteiger partial charge in [0.05, 0.1) is 6.42 Å². The summed E-state index contributed by atoms with van der Waals surface area (Å²) in [4.78, 5) is 19.3. The van der Waals surface area contributed by atoms with Crippen molar-refractivity contribution in [3.63, 3.8) is 0 Å². The Hall–Kier alpha value is -1.92. The van der Waals surface area contributed by atoms with Gasteiger partial charge in [-0.15, -0.1) is 11.3 Å². The second-order valence-corrected chi connectivity index (χ2v) is 6.72. The number of aromatic nitrogens is 1. The van der Waals surface area contributed by atoms with Crippen LogP contribution in [-0.4, -0.2) is 28.9 Å². The summed E-state index contributed by atoms with van der Waals surface area (Å²) in [6.45, 7) is 3.38. The second-order valence-electron chi connectivity index (χ2n) is 5.57. The molecule has 5 nitrogen and oxygen atoms in total. The summed E-state index contributed by atoms with van der Waals surface area (Å²) in [5.74, 6) is -0.0454. The van der Waals surface area contributed by atoms with Crippen LogP contribution in [0.1, 0.15) is 23.3 Å². The van der Waals surface area contributed by atoms with Gasteiger partial charge < -0.3 is 11.1 Å². The molecule has 0 spiro atoms. The van der Waals surface area contributed by atoms with Gasteiger partial charge >= 0.3 is 0 Å². The van der Waals surface area contributed by atoms with E-state index in [1.807, 2.05) is 12.1 Å². The van der Waals surface area contributed by atoms with Crippen LogP contribution in [0.4, 0.5) is 10.8 Å². The normalized spacial score (nSPS) is 15.1. The van der Waals surface area contributed by atoms with Crippen LogP contribution in [0.2, 0.25) is 0 Å². The number of nitrogens with zero attached hydrogens (tertiary/aromatic N) is 2. The Morgan fingerprint density at radius 1 is 1.27 bits per heavy atom. The monoisotopic (exact) mass is 316 g/mol. The molecular weight excluding hydrogens is 296 g/mol. The Labute approximate surface area is 134 Å². The molecule has 1 amide bonds. The molecule has 0 unspecified atom stereocenters. The molecule has 0 saturated carbocycles. The maximum absolute atomic E-state index is 12.0. The quantitative estimate of drug-likeness (QED) is 0.889. The molecule has 3 N–H and O–H groups in total. The maximum Gasteiger partial charge on any atom is 0.229 e. The molecule has 6 heteroatoms. The molecule has 0 radical (unpaired) electrons. The number of amides is 1. The Morgan fingerprint density at radius 2 is 2.00 bits per heavy atom. The summed E-state index contributed by atoms with van der Waals surface area (Å²) in [5.41, 5.74) is 7.68. The molecule has 1 aromatic carbocycles. The number of hydrogen-bond donors (Lipinski definition) is 2. The summed E-state index contributed by atoms with van der Waals surface area (Å²) in [5, 5.41) is 3.40. The number of benzene rings is 1. The number of thiazole rings is 1. The summed E-state index contributed by atoms with van der Waals surface area (Å²) >= 11 is 1.35. The highest BCUT2D eigenvalue weighted by molar-refractivity contribution is 7.15. The fraction of sp³-hybridized carbons (Fsp3) is 0.375. The van der Waals surface area contributed by atoms with Crippen LogP contribution in [0.5, 0.6) is 0 Å². The van der Waals surface area contributed by atoms with Crippen molar-refractivity contribution in [2.45, 2.75) is 25.8 Å². The van der Waals surface area contributed by atoms with Crippen LogP contribution >= 0.6 is 11.3 Å². The first-order valence-electron chi connectivity index (χ1n) is 7.50. The lowest BCUT2D eigenvalue weighted by molar-refractivity contribution is -0.115. The number of rotatable bonds is 5. The van der Waals surface area contributed by atoms with Gasteiger partial charge in [-0.2, -0.15) is 0 Å². The molecule has 116 valence electrons. The minimum absolute atomic E-state index is 0.0454. The van der Waals surface area contributed by atoms with E-state index in [-0.39, 0.29) is 5.91 Å². The standard InChI is InChI=1S/C16H20N4OS/c17-16-18-10-14(22-16)9-15(21)19-13-5-3-12(4-6-13)11-20-7-1-2-8-20/h3-6,10H,1-2,7-9,11H2,(H2,17,18)(H,19,21). The number of anilines is 2. The summed E-state index contributed by atoms with van der Waals surface area (Å²) < 4.78 is 0. The van der Waals surface area contributed by atoms with E-state index in [1.54, 1.807) is 6.20 Å². The van der Waals surface area contributed by atoms with Crippen molar-refractivity contribution in [3.05, 3.63) is 40.9 Å². The van der Waals surface area contributed by atoms with Gasteiger partial charge in [0, 0.05) is 23.3 Å². The number of likely N-dealkylation sites (tertiary alicyclic amines) is 1. The van der Waals surface area contributed by atoms with Crippen LogP contribution in [0.3, 0.4) is 0 Å². The fourth-order valence-corrected chi connectivity index (χ4v) is 3.34. The summed E-state index contributed by atoms with van der Waals surface area (Å²) in [6.07, 6.45) is 4.57. The van der Waals surface area contributed by atoms with E-state index in [1.165, 1.54) is 42.8 Å². The van der Waals surface area contributed by atoms with Gasteiger partial charge in [0.2, 0.25) is 5.91 Å². The molecule has 0 bridgehead atoms. The van der Waals surface area contributed by atoms with E-state index in [4.69, 9.17) is 5.73 Å². The first-order chi connectivity index (χ1) is 10.7. The van der Waals surface area contributed by atoms with Crippen molar-refractivity contribution >= 4 is 28.1 Å². The number of nitrogen functional groups attached to an aromatic ring is 1. The van der Waals surface area contributed by atoms with Gasteiger partial charge in [-0.25, -0.2) is 4.98 Å². The summed E-state index contributed by atoms with van der Waals surface area (Å²) in [6, 6.07) is 8.09. The lowest BCUT2D eigenvalue weighted by Crippen LogP contribution is -2.18. The fourth-order valence-electron chi connectivity index (χ4n) is 2.66. The SMILES string of the molecule is Nc1ncc(CC(=O)Nc2ccc(CN3CCCC3)cc2)s1. The van der Waals surface area contributed by atoms with E-state index < -0.39 is 0 Å². The zero-order valence-corrected chi connectivity index (χ0v) is 13.2. The van der Waals surface area contributed by atoms with E-state index >= 15 is 0 Å². The van der Waals surface area contributed by atoms with Crippen LogP contribution in [-0.2, 0) is 17.8 Å². The molecule has 1 fully saturated rings. The van der Waals surface area contributed by atoms with Gasteiger partial charge in [0.1, 0.15) is 0 Å². The Morgan fingerprint density at radius 3 is 2.64 bits per heavy atom. The second kappa shape index (κ2) is 6.89. The van der Waals surface area contributed by atoms with Crippen LogP contribution in [0, 0.1) is 0 Å². The number of nitrogens with two attached hydrogens (primary N) is 1. The molecule has 1 aliphatic rings. The number of nitrogens with one attached hydrogen (secondary N) is 1. The Balaban J connectivity index is 1.52. The molecule has 2 aromatic rings. The largest absolute Gasteiger partial charge is 0.375 e. The van der Waals surface area contributed by atoms with E-state index in [0.717, 1.165) is 17.1 Å². The molecule has 1 aliphatic heterocycles. The first kappa shape index (κ1) is 15.0. The Bertz CT molecular complexity index is 632. The van der Waals surface area contributed by atoms with Crippen molar-refractivity contribution in [3.8, 4) is 0 Å². The highest BCUT2D eigenvalue weighted by Gasteiger charge is 2.12. The molecule has 3 rings (SSSR count). The third-order valence-corrected chi connectivity index (χ3v) is 4.58. The lowest BCUT2D eigenvalue weighted by Gasteiger charge is -2.14. The van der Waals surface area contributed by atoms with Gasteiger partial charge in [0.15, 0.2) is 5.13 Å². The molecule has 1 saturated heterocycles. The highest BCUT2D eigenvalue weighted by Crippen LogP contribution is 2.17. The third kappa shape index (κ3) is 4.05. The zero-order chi connectivity index (χ0) is 15.4. The van der Waals surface area contributed by atoms with Gasteiger partial charge in [0.25, 0.3) is 0 Å². The first-order valence-corrected chi connectivity index (χ1v) is 8.32. The number of carbonyl (C=O) groups is 1. The maximum atomic E-state index is 12.0. The summed E-state index contributed by atoms with van der Waals surface area (Å²) in [7, 11) is 0. The van der Waals surface area contributed by atoms with Crippen molar-refractivity contribution in [2.24, 2.45) is 0 Å². The Kier molecular flexibility index (Phi) is 4.70. The van der Waals surface area contributed by atoms with E-state index in [0.29, 0.717) is 11.6 Å². The topological polar surface area (TPSA) is 71.2 Å². The minimum Gasteiger partial charge on any atom is -0.375 e. The number of carbonyl (C=O) groups excluding carboxylic acids is 1. The van der Waals surface area contributed by atoms with Crippen molar-refractivity contribution < 1.29 is 4.79 Å². The molecule has 2 heterocycles. The molecule has 1 aromatic heterocycles. The third-order valence-electron chi connectivity index (χ3n) is 3.75. The molecule has 0 atom stereocenters. The van der Waals surface area contributed by atoms with Gasteiger partial charge in [-0.3, -0.25) is 9.69 Å². The van der Waals surface area contributed by atoms with Gasteiger partial charge in [-0.1, -0.05) is 12.1 Å². The van der Waals surface area contributed by atoms with E-state index in [9.17, 15) is 4.79 Å². The lowest BCUT2D eigenvalue weighted by atomic mass is 10.2. The van der Waals surface area contributed by atoms with Crippen molar-refractivity contribution in [1.29, 1.82) is 0 Å². The number of hydrogen-bond acceptors (Lipinski definition) is 5. The van der Waals surface area contributed by atoms with Crippen LogP contribution < -0.4 is 11.1 Å². The van der Waals surface area contributed by atoms with Crippen LogP contribution in [0.25, 0.3) is 0 Å². The van der Waals surface area contributed by atoms with E-state index in [2.05, 4.69) is 27.3 Å². The highest BCUT2D eigenvalue weighted by atomic mass is 32.1. The zero-order valence-electron chi connectivity index (χ0n) is 12.4. The average molecular weight is 316 g/mol. The average Bonchev–Trinajstić information content (AvgIpc) is 3.13. The predicted molar refractivity (Wildman–Crippen MR) is 89.8 cm³/mol. The molecular formula is C16H20N4OS.